The number of pyridine rings is 1. The molecule has 1 heterocycles. The molecule has 0 aliphatic heterocycles. The second-order valence-corrected chi connectivity index (χ2v) is 3.05. The van der Waals surface area contributed by atoms with E-state index in [2.05, 4.69) is 10.3 Å². The molecule has 1 N–H and O–H groups in total. The van der Waals surface area contributed by atoms with Gasteiger partial charge in [0.05, 0.1) is 18.5 Å². The molecular weight excluding hydrogens is 180 g/mol. The number of anilines is 1. The summed E-state index contributed by atoms with van der Waals surface area (Å²) in [6.45, 7) is 4.43. The van der Waals surface area contributed by atoms with E-state index in [0.29, 0.717) is 12.6 Å². The molecule has 0 fully saturated rings. The Bertz CT molecular complexity index is 295. The average molecular weight is 198 g/mol. The summed E-state index contributed by atoms with van der Waals surface area (Å²) < 4.78 is 10.0. The smallest absolute Gasteiger partial charge is 0.213 e. The quantitative estimate of drug-likeness (QED) is 0.751. The molecule has 1 rings (SSSR count). The molecule has 0 unspecified atom stereocenters. The van der Waals surface area contributed by atoms with E-state index in [1.54, 1.807) is 14.2 Å². The molecule has 1 aromatic rings. The molecule has 0 aromatic carbocycles. The van der Waals surface area contributed by atoms with Crippen LogP contribution >= 0.6 is 0 Å². The molecular formula is C10H18N2O2. The normalized spacial score (nSPS) is 10.0. The zero-order valence-corrected chi connectivity index (χ0v) is 9.05. The molecule has 1 aromatic heterocycles. The third-order valence-corrected chi connectivity index (χ3v) is 1.98. The summed E-state index contributed by atoms with van der Waals surface area (Å²) in [6, 6.07) is 1.89. The minimum Gasteiger partial charge on any atom is -0.481 e. The maximum atomic E-state index is 5.07. The molecule has 0 bridgehead atoms. The van der Waals surface area contributed by atoms with E-state index >= 15 is 0 Å². The van der Waals surface area contributed by atoms with Gasteiger partial charge >= 0.3 is 0 Å². The van der Waals surface area contributed by atoms with Gasteiger partial charge in [-0.25, -0.2) is 4.98 Å². The highest BCUT2D eigenvalue weighted by molar-refractivity contribution is 5.55. The van der Waals surface area contributed by atoms with E-state index in [4.69, 9.17) is 9.47 Å². The molecule has 0 aliphatic rings. The fourth-order valence-corrected chi connectivity index (χ4v) is 1.31. The van der Waals surface area contributed by atoms with Crippen LogP contribution in [0.4, 0.5) is 5.69 Å². The summed E-state index contributed by atoms with van der Waals surface area (Å²) in [6.07, 6.45) is 0. The van der Waals surface area contributed by atoms with Gasteiger partial charge in [-0.15, -0.1) is 0 Å². The fraction of sp³-hybridized carbons (Fsp3) is 0.500. The Hall–Kier alpha value is -1.29. The first-order valence-corrected chi connectivity index (χ1v) is 4.44. The van der Waals surface area contributed by atoms with Crippen LogP contribution < -0.4 is 10.1 Å². The van der Waals surface area contributed by atoms with Crippen LogP contribution in [0, 0.1) is 13.8 Å². The lowest BCUT2D eigenvalue weighted by molar-refractivity contribution is 0.221. The summed E-state index contributed by atoms with van der Waals surface area (Å²) in [5.41, 5.74) is 3.03. The largest absolute Gasteiger partial charge is 0.481 e. The number of hydrogen-bond donors (Lipinski definition) is 1. The van der Waals surface area contributed by atoms with Crippen molar-refractivity contribution in [3.05, 3.63) is 17.3 Å². The number of hydrogen-bond acceptors (Lipinski definition) is 4. The number of nitrogens with one attached hydrogen (secondary N) is 1. The maximum absolute atomic E-state index is 5.07. The summed E-state index contributed by atoms with van der Waals surface area (Å²) in [4.78, 5) is 4.27. The van der Waals surface area contributed by atoms with Gasteiger partial charge in [0, 0.05) is 14.6 Å². The Morgan fingerprint density at radius 1 is 1.43 bits per heavy atom. The Morgan fingerprint density at radius 2 is 2.14 bits per heavy atom. The lowest BCUT2D eigenvalue weighted by atomic mass is 10.2. The minimum absolute atomic E-state index is 0. The molecule has 4 nitrogen and oxygen atoms in total. The van der Waals surface area contributed by atoms with Crippen molar-refractivity contribution in [2.45, 2.75) is 13.8 Å². The molecule has 0 saturated carbocycles. The van der Waals surface area contributed by atoms with Crippen molar-refractivity contribution >= 4 is 5.69 Å². The van der Waals surface area contributed by atoms with Crippen molar-refractivity contribution in [1.29, 1.82) is 0 Å². The van der Waals surface area contributed by atoms with Crippen LogP contribution in [0.3, 0.4) is 0 Å². The molecule has 80 valence electrons. The second kappa shape index (κ2) is 4.81. The number of aromatic nitrogens is 1. The third kappa shape index (κ3) is 2.35. The molecule has 0 saturated heterocycles. The topological polar surface area (TPSA) is 43.4 Å². The van der Waals surface area contributed by atoms with Crippen LogP contribution in [0.25, 0.3) is 0 Å². The van der Waals surface area contributed by atoms with E-state index in [0.717, 1.165) is 16.9 Å². The zero-order valence-electron chi connectivity index (χ0n) is 9.05. The summed E-state index contributed by atoms with van der Waals surface area (Å²) >= 11 is 0. The number of aryl methyl sites for hydroxylation is 2. The molecule has 0 aliphatic carbocycles. The van der Waals surface area contributed by atoms with Gasteiger partial charge < -0.3 is 14.8 Å². The van der Waals surface area contributed by atoms with Gasteiger partial charge in [0.25, 0.3) is 0 Å². The standard InChI is InChI=1S/C10H16N2O2.H2/c1-7-5-9(14-4)12-8(2)10(7)11-6-13-3;/h5,11H,6H2,1-4H3;1H. The Labute approximate surface area is 85.7 Å². The molecule has 14 heavy (non-hydrogen) atoms. The summed E-state index contributed by atoms with van der Waals surface area (Å²) in [5, 5.41) is 3.14. The highest BCUT2D eigenvalue weighted by Gasteiger charge is 2.05. The lowest BCUT2D eigenvalue weighted by Crippen LogP contribution is -2.07. The van der Waals surface area contributed by atoms with Crippen LogP contribution in [0.15, 0.2) is 6.07 Å². The monoisotopic (exact) mass is 198 g/mol. The van der Waals surface area contributed by atoms with Gasteiger partial charge in [-0.05, 0) is 19.4 Å². The molecule has 0 spiro atoms. The van der Waals surface area contributed by atoms with Gasteiger partial charge in [0.1, 0.15) is 6.73 Å². The third-order valence-electron chi connectivity index (χ3n) is 1.98. The Morgan fingerprint density at radius 3 is 2.64 bits per heavy atom. The molecule has 0 radical (unpaired) electrons. The zero-order chi connectivity index (χ0) is 10.6. The van der Waals surface area contributed by atoms with Crippen LogP contribution in [0.1, 0.15) is 12.7 Å². The number of nitrogens with zero attached hydrogens (tertiary/aromatic N) is 1. The number of methoxy groups -OCH3 is 2. The second-order valence-electron chi connectivity index (χ2n) is 3.05. The van der Waals surface area contributed by atoms with Gasteiger partial charge in [0.2, 0.25) is 5.88 Å². The fourth-order valence-electron chi connectivity index (χ4n) is 1.31. The van der Waals surface area contributed by atoms with E-state index in [1.165, 1.54) is 0 Å². The Kier molecular flexibility index (Phi) is 3.71. The molecule has 0 amide bonds. The van der Waals surface area contributed by atoms with E-state index in [1.807, 2.05) is 19.9 Å². The van der Waals surface area contributed by atoms with Crippen LogP contribution in [0.5, 0.6) is 5.88 Å². The number of ether oxygens (including phenoxy) is 2. The first-order chi connectivity index (χ1) is 6.69. The Balaban J connectivity index is 0.00000196. The van der Waals surface area contributed by atoms with Crippen molar-refractivity contribution in [3.63, 3.8) is 0 Å². The predicted octanol–water partition coefficient (Wildman–Crippen LogP) is 1.97. The van der Waals surface area contributed by atoms with Crippen LogP contribution in [-0.4, -0.2) is 25.9 Å². The van der Waals surface area contributed by atoms with Crippen LogP contribution in [-0.2, 0) is 4.74 Å². The van der Waals surface area contributed by atoms with Gasteiger partial charge in [-0.1, -0.05) is 0 Å². The first-order valence-electron chi connectivity index (χ1n) is 4.44. The van der Waals surface area contributed by atoms with Crippen molar-refractivity contribution in [2.24, 2.45) is 0 Å². The van der Waals surface area contributed by atoms with Gasteiger partial charge in [-0.3, -0.25) is 0 Å². The van der Waals surface area contributed by atoms with Crippen LogP contribution in [0.2, 0.25) is 0 Å². The van der Waals surface area contributed by atoms with E-state index in [-0.39, 0.29) is 1.43 Å². The highest BCUT2D eigenvalue weighted by atomic mass is 16.5. The summed E-state index contributed by atoms with van der Waals surface area (Å²) in [5.74, 6) is 0.642. The summed E-state index contributed by atoms with van der Waals surface area (Å²) in [7, 11) is 3.26. The van der Waals surface area contributed by atoms with E-state index < -0.39 is 0 Å². The maximum Gasteiger partial charge on any atom is 0.213 e. The van der Waals surface area contributed by atoms with Crippen molar-refractivity contribution < 1.29 is 10.9 Å². The SMILES string of the molecule is COCNc1c(C)cc(OC)nc1C.[HH]. The van der Waals surface area contributed by atoms with Gasteiger partial charge in [0.15, 0.2) is 0 Å². The molecule has 4 heteroatoms. The van der Waals surface area contributed by atoms with Gasteiger partial charge in [-0.2, -0.15) is 0 Å². The lowest BCUT2D eigenvalue weighted by Gasteiger charge is -2.12. The predicted molar refractivity (Wildman–Crippen MR) is 57.9 cm³/mol. The van der Waals surface area contributed by atoms with Crippen molar-refractivity contribution in [3.8, 4) is 5.88 Å². The highest BCUT2D eigenvalue weighted by Crippen LogP contribution is 2.22. The number of rotatable bonds is 4. The molecule has 0 atom stereocenters. The van der Waals surface area contributed by atoms with Crippen molar-refractivity contribution in [2.75, 3.05) is 26.3 Å². The van der Waals surface area contributed by atoms with Crippen molar-refractivity contribution in [1.82, 2.24) is 4.98 Å². The minimum atomic E-state index is 0. The average Bonchev–Trinajstić information content (AvgIpc) is 2.16. The van der Waals surface area contributed by atoms with E-state index in [9.17, 15) is 0 Å². The first kappa shape index (κ1) is 10.8.